The van der Waals surface area contributed by atoms with Gasteiger partial charge in [0.25, 0.3) is 11.8 Å². The van der Waals surface area contributed by atoms with Crippen molar-refractivity contribution in [2.24, 2.45) is 5.73 Å². The van der Waals surface area contributed by atoms with E-state index in [1.807, 2.05) is 6.92 Å². The second-order valence-corrected chi connectivity index (χ2v) is 7.19. The molecule has 0 saturated heterocycles. The first-order chi connectivity index (χ1) is 15.7. The van der Waals surface area contributed by atoms with Crippen LogP contribution in [-0.4, -0.2) is 56.4 Å². The molecule has 13 heteroatoms. The number of anilines is 2. The van der Waals surface area contributed by atoms with Gasteiger partial charge < -0.3 is 26.2 Å². The fourth-order valence-corrected chi connectivity index (χ4v) is 3.16. The summed E-state index contributed by atoms with van der Waals surface area (Å²) in [6.45, 7) is 1.99. The number of nitrogens with zero attached hydrogens (tertiary/aromatic N) is 3. The monoisotopic (exact) mass is 457 g/mol. The summed E-state index contributed by atoms with van der Waals surface area (Å²) >= 11 is 0. The van der Waals surface area contributed by atoms with Crippen LogP contribution in [0.5, 0.6) is 0 Å². The lowest BCUT2D eigenvalue weighted by molar-refractivity contribution is -0.139. The van der Waals surface area contributed by atoms with Gasteiger partial charge in [0.05, 0.1) is 18.4 Å². The largest absolute Gasteiger partial charge is 0.480 e. The number of carboxylic acids is 1. The summed E-state index contributed by atoms with van der Waals surface area (Å²) in [6.07, 6.45) is -0.360. The number of hydrogen-bond donors (Lipinski definition) is 6. The first-order valence-electron chi connectivity index (χ1n) is 10.0. The minimum absolute atomic E-state index is 0.152. The van der Waals surface area contributed by atoms with Gasteiger partial charge in [0, 0.05) is 11.3 Å². The van der Waals surface area contributed by atoms with Gasteiger partial charge in [-0.15, -0.1) is 0 Å². The van der Waals surface area contributed by atoms with Crippen LogP contribution < -0.4 is 26.6 Å². The SMILES string of the molecule is CCCC(NC(=O)c1ccc(NCc2cnc3c(n2)C(=O)NC(N)N3C(=O)O)cc1)C(=O)O. The quantitative estimate of drug-likeness (QED) is 0.325. The molecule has 1 aliphatic rings. The molecule has 3 amide bonds. The molecule has 1 aromatic carbocycles. The number of nitrogens with one attached hydrogen (secondary N) is 3. The van der Waals surface area contributed by atoms with Crippen molar-refractivity contribution in [3.8, 4) is 0 Å². The topological polar surface area (TPSA) is 200 Å². The summed E-state index contributed by atoms with van der Waals surface area (Å²) in [5.41, 5.74) is 6.77. The lowest BCUT2D eigenvalue weighted by atomic mass is 10.1. The fraction of sp³-hybridized carbons (Fsp3) is 0.300. The summed E-state index contributed by atoms with van der Waals surface area (Å²) < 4.78 is 0. The number of carbonyl (C=O) groups is 4. The standard InChI is InChI=1S/C20H23N7O6/c1-2-3-13(18(30)31)25-16(28)10-4-6-11(7-5-10)22-8-12-9-23-15-14(24-12)17(29)26-19(21)27(15)20(32)33/h4-7,9,13,19,22H,2-3,8,21H2,1H3,(H,25,28)(H,26,29)(H,30,31)(H,32,33). The highest BCUT2D eigenvalue weighted by Gasteiger charge is 2.35. The molecule has 0 saturated carbocycles. The predicted octanol–water partition coefficient (Wildman–Crippen LogP) is 0.542. The van der Waals surface area contributed by atoms with E-state index in [1.165, 1.54) is 6.20 Å². The molecule has 1 aromatic heterocycles. The van der Waals surface area contributed by atoms with Crippen LogP contribution in [0.4, 0.5) is 16.3 Å². The Hall–Kier alpha value is -4.26. The molecule has 2 atom stereocenters. The smallest absolute Gasteiger partial charge is 0.415 e. The summed E-state index contributed by atoms with van der Waals surface area (Å²) in [4.78, 5) is 55.9. The van der Waals surface area contributed by atoms with Crippen LogP contribution in [0.3, 0.4) is 0 Å². The number of aromatic nitrogens is 2. The van der Waals surface area contributed by atoms with Crippen LogP contribution >= 0.6 is 0 Å². The van der Waals surface area contributed by atoms with Gasteiger partial charge in [0.2, 0.25) is 0 Å². The van der Waals surface area contributed by atoms with Crippen LogP contribution in [0, 0.1) is 0 Å². The molecule has 3 rings (SSSR count). The number of carboxylic acid groups (broad SMARTS) is 2. The summed E-state index contributed by atoms with van der Waals surface area (Å²) in [5.74, 6) is -2.37. The number of benzene rings is 1. The fourth-order valence-electron chi connectivity index (χ4n) is 3.16. The van der Waals surface area contributed by atoms with Crippen molar-refractivity contribution in [2.45, 2.75) is 38.6 Å². The Balaban J connectivity index is 1.66. The average Bonchev–Trinajstić information content (AvgIpc) is 2.77. The minimum Gasteiger partial charge on any atom is -0.480 e. The predicted molar refractivity (Wildman–Crippen MR) is 116 cm³/mol. The maximum atomic E-state index is 12.3. The summed E-state index contributed by atoms with van der Waals surface area (Å²) in [7, 11) is 0. The van der Waals surface area contributed by atoms with E-state index in [-0.39, 0.29) is 18.1 Å². The van der Waals surface area contributed by atoms with Crippen LogP contribution in [0.2, 0.25) is 0 Å². The van der Waals surface area contributed by atoms with E-state index in [1.54, 1.807) is 24.3 Å². The Kier molecular flexibility index (Phi) is 7.03. The lowest BCUT2D eigenvalue weighted by Crippen LogP contribution is -2.60. The van der Waals surface area contributed by atoms with E-state index < -0.39 is 36.2 Å². The molecule has 2 unspecified atom stereocenters. The van der Waals surface area contributed by atoms with E-state index in [4.69, 9.17) is 10.8 Å². The zero-order valence-electron chi connectivity index (χ0n) is 17.6. The van der Waals surface area contributed by atoms with Crippen molar-refractivity contribution in [3.63, 3.8) is 0 Å². The van der Waals surface area contributed by atoms with E-state index in [9.17, 15) is 24.3 Å². The Morgan fingerprint density at radius 2 is 1.94 bits per heavy atom. The van der Waals surface area contributed by atoms with Crippen LogP contribution in [0.1, 0.15) is 46.3 Å². The molecule has 2 aromatic rings. The number of carbonyl (C=O) groups excluding carboxylic acids is 2. The molecular weight excluding hydrogens is 434 g/mol. The third-order valence-corrected chi connectivity index (χ3v) is 4.81. The van der Waals surface area contributed by atoms with Crippen LogP contribution in [0.25, 0.3) is 0 Å². The molecule has 0 aliphatic carbocycles. The van der Waals surface area contributed by atoms with E-state index >= 15 is 0 Å². The first kappa shape index (κ1) is 23.4. The van der Waals surface area contributed by atoms with Crippen molar-refractivity contribution >= 4 is 35.4 Å². The second-order valence-electron chi connectivity index (χ2n) is 7.19. The molecule has 33 heavy (non-hydrogen) atoms. The van der Waals surface area contributed by atoms with E-state index in [0.29, 0.717) is 34.7 Å². The Morgan fingerprint density at radius 3 is 2.55 bits per heavy atom. The Labute approximate surface area is 188 Å². The highest BCUT2D eigenvalue weighted by Crippen LogP contribution is 2.21. The maximum Gasteiger partial charge on any atom is 0.415 e. The summed E-state index contributed by atoms with van der Waals surface area (Å²) in [6, 6.07) is 5.40. The van der Waals surface area contributed by atoms with Gasteiger partial charge in [-0.2, -0.15) is 0 Å². The molecule has 0 radical (unpaired) electrons. The number of nitrogens with two attached hydrogens (primary N) is 1. The first-order valence-corrected chi connectivity index (χ1v) is 10.0. The maximum absolute atomic E-state index is 12.3. The van der Waals surface area contributed by atoms with Gasteiger partial charge in [-0.1, -0.05) is 13.3 Å². The van der Waals surface area contributed by atoms with E-state index in [2.05, 4.69) is 25.9 Å². The molecule has 2 heterocycles. The van der Waals surface area contributed by atoms with Gasteiger partial charge in [-0.3, -0.25) is 15.3 Å². The van der Waals surface area contributed by atoms with Gasteiger partial charge in [0.15, 0.2) is 17.8 Å². The number of hydrogen-bond acceptors (Lipinski definition) is 8. The van der Waals surface area contributed by atoms with Crippen molar-refractivity contribution < 1.29 is 29.4 Å². The van der Waals surface area contributed by atoms with Gasteiger partial charge in [0.1, 0.15) is 6.04 Å². The molecular formula is C20H23N7O6. The highest BCUT2D eigenvalue weighted by molar-refractivity contribution is 6.03. The van der Waals surface area contributed by atoms with Gasteiger partial charge in [-0.25, -0.2) is 24.5 Å². The van der Waals surface area contributed by atoms with Crippen molar-refractivity contribution in [3.05, 3.63) is 47.4 Å². The number of amides is 3. The Bertz CT molecular complexity index is 1080. The zero-order chi connectivity index (χ0) is 24.1. The number of aliphatic carboxylic acids is 1. The molecule has 0 spiro atoms. The summed E-state index contributed by atoms with van der Waals surface area (Å²) in [5, 5.41) is 26.3. The molecule has 0 fully saturated rings. The minimum atomic E-state index is -1.38. The average molecular weight is 457 g/mol. The molecule has 174 valence electrons. The second kappa shape index (κ2) is 9.91. The number of fused-ring (bicyclic) bond motifs is 1. The van der Waals surface area contributed by atoms with E-state index in [0.717, 1.165) is 0 Å². The Morgan fingerprint density at radius 1 is 1.24 bits per heavy atom. The van der Waals surface area contributed by atoms with Gasteiger partial charge >= 0.3 is 12.1 Å². The molecule has 0 bridgehead atoms. The van der Waals surface area contributed by atoms with Crippen molar-refractivity contribution in [1.82, 2.24) is 20.6 Å². The molecule has 1 aliphatic heterocycles. The molecule has 7 N–H and O–H groups in total. The normalized spacial score (nSPS) is 15.8. The lowest BCUT2D eigenvalue weighted by Gasteiger charge is -2.30. The zero-order valence-corrected chi connectivity index (χ0v) is 17.6. The third-order valence-electron chi connectivity index (χ3n) is 4.81. The third kappa shape index (κ3) is 5.33. The van der Waals surface area contributed by atoms with Gasteiger partial charge in [-0.05, 0) is 30.7 Å². The van der Waals surface area contributed by atoms with Crippen molar-refractivity contribution in [2.75, 3.05) is 10.2 Å². The number of rotatable bonds is 8. The van der Waals surface area contributed by atoms with Crippen LogP contribution in [0.15, 0.2) is 30.5 Å². The molecule has 13 nitrogen and oxygen atoms in total. The van der Waals surface area contributed by atoms with Crippen LogP contribution in [-0.2, 0) is 11.3 Å². The highest BCUT2D eigenvalue weighted by atomic mass is 16.4. The van der Waals surface area contributed by atoms with Crippen molar-refractivity contribution in [1.29, 1.82) is 0 Å².